The van der Waals surface area contributed by atoms with E-state index in [1.54, 1.807) is 36.4 Å². The Hall–Kier alpha value is -3.65. The second-order valence-electron chi connectivity index (χ2n) is 7.48. The first-order chi connectivity index (χ1) is 16.4. The topological polar surface area (TPSA) is 89.0 Å². The third kappa shape index (κ3) is 6.92. The monoisotopic (exact) mass is 523 g/mol. The van der Waals surface area contributed by atoms with Crippen molar-refractivity contribution in [2.45, 2.75) is 20.8 Å². The molecule has 0 radical (unpaired) electrons. The lowest BCUT2D eigenvalue weighted by Crippen LogP contribution is -2.21. The summed E-state index contributed by atoms with van der Waals surface area (Å²) in [4.78, 5) is 24.6. The van der Waals surface area contributed by atoms with Crippen LogP contribution in [-0.2, 0) is 4.79 Å². The Balaban J connectivity index is 1.67. The van der Waals surface area contributed by atoms with Gasteiger partial charge in [-0.25, -0.2) is 5.43 Å². The van der Waals surface area contributed by atoms with E-state index in [4.69, 9.17) is 9.47 Å². The van der Waals surface area contributed by atoms with Crippen LogP contribution >= 0.6 is 15.9 Å². The predicted octanol–water partition coefficient (Wildman–Crippen LogP) is 5.25. The summed E-state index contributed by atoms with van der Waals surface area (Å²) in [5.41, 5.74) is 6.46. The normalized spacial score (nSPS) is 10.7. The highest BCUT2D eigenvalue weighted by Crippen LogP contribution is 2.36. The molecule has 2 amide bonds. The Bertz CT molecular complexity index is 1200. The molecule has 8 heteroatoms. The molecule has 7 nitrogen and oxygen atoms in total. The van der Waals surface area contributed by atoms with Crippen LogP contribution in [0.4, 0.5) is 5.69 Å². The lowest BCUT2D eigenvalue weighted by atomic mass is 10.1. The lowest BCUT2D eigenvalue weighted by Gasteiger charge is -2.15. The molecule has 2 N–H and O–H groups in total. The molecule has 3 rings (SSSR count). The summed E-state index contributed by atoms with van der Waals surface area (Å²) < 4.78 is 12.1. The summed E-state index contributed by atoms with van der Waals surface area (Å²) in [7, 11) is 0. The van der Waals surface area contributed by atoms with Crippen molar-refractivity contribution in [3.8, 4) is 11.5 Å². The van der Waals surface area contributed by atoms with Crippen LogP contribution in [0.1, 0.15) is 34.0 Å². The fraction of sp³-hybridized carbons (Fsp3) is 0.192. The van der Waals surface area contributed by atoms with Crippen LogP contribution in [-0.4, -0.2) is 31.2 Å². The highest BCUT2D eigenvalue weighted by atomic mass is 79.9. The number of halogens is 1. The Labute approximate surface area is 207 Å². The molecular formula is C26H26BrN3O4. The quantitative estimate of drug-likeness (QED) is 0.296. The standard InChI is InChI=1S/C26H26BrN3O4/c1-4-33-23-14-19(15-28-30-26(32)20-8-6-5-7-9-20)13-21(27)25(23)34-16-24(31)29-22-12-17(2)10-11-18(22)3/h5-15H,4,16H2,1-3H3,(H,29,31)(H,30,32)/b28-15+. The van der Waals surface area contributed by atoms with E-state index in [1.807, 2.05) is 45.0 Å². The molecule has 0 aromatic heterocycles. The fourth-order valence-electron chi connectivity index (χ4n) is 3.08. The minimum Gasteiger partial charge on any atom is -0.490 e. The molecule has 0 aliphatic rings. The molecule has 0 spiro atoms. The van der Waals surface area contributed by atoms with Crippen molar-refractivity contribution in [3.05, 3.63) is 87.4 Å². The number of nitrogens with one attached hydrogen (secondary N) is 2. The molecule has 0 fully saturated rings. The van der Waals surface area contributed by atoms with E-state index in [0.717, 1.165) is 16.8 Å². The molecule has 0 saturated heterocycles. The molecular weight excluding hydrogens is 498 g/mol. The number of carbonyl (C=O) groups is 2. The molecule has 0 saturated carbocycles. The zero-order valence-corrected chi connectivity index (χ0v) is 20.8. The van der Waals surface area contributed by atoms with Gasteiger partial charge in [0.15, 0.2) is 18.1 Å². The van der Waals surface area contributed by atoms with Crippen molar-refractivity contribution < 1.29 is 19.1 Å². The van der Waals surface area contributed by atoms with Crippen LogP contribution in [0.2, 0.25) is 0 Å². The maximum Gasteiger partial charge on any atom is 0.271 e. The summed E-state index contributed by atoms with van der Waals surface area (Å²) in [6.07, 6.45) is 1.51. The van der Waals surface area contributed by atoms with Crippen LogP contribution in [0.15, 0.2) is 70.2 Å². The second kappa shape index (κ2) is 12.0. The molecule has 34 heavy (non-hydrogen) atoms. The largest absolute Gasteiger partial charge is 0.490 e. The first-order valence-corrected chi connectivity index (χ1v) is 11.5. The third-order valence-corrected chi connectivity index (χ3v) is 5.35. The molecule has 0 aliphatic carbocycles. The van der Waals surface area contributed by atoms with Gasteiger partial charge in [0.1, 0.15) is 0 Å². The van der Waals surface area contributed by atoms with E-state index in [9.17, 15) is 9.59 Å². The molecule has 0 atom stereocenters. The highest BCUT2D eigenvalue weighted by Gasteiger charge is 2.14. The van der Waals surface area contributed by atoms with E-state index < -0.39 is 0 Å². The molecule has 0 heterocycles. The summed E-state index contributed by atoms with van der Waals surface area (Å²) >= 11 is 3.48. The number of hydrogen-bond donors (Lipinski definition) is 2. The number of hydrazone groups is 1. The van der Waals surface area contributed by atoms with Crippen molar-refractivity contribution >= 4 is 39.6 Å². The minimum absolute atomic E-state index is 0.188. The van der Waals surface area contributed by atoms with Crippen LogP contribution in [0.25, 0.3) is 0 Å². The Morgan fingerprint density at radius 3 is 2.53 bits per heavy atom. The van der Waals surface area contributed by atoms with Gasteiger partial charge < -0.3 is 14.8 Å². The SMILES string of the molecule is CCOc1cc(/C=N/NC(=O)c2ccccc2)cc(Br)c1OCC(=O)Nc1cc(C)ccc1C. The van der Waals surface area contributed by atoms with Crippen molar-refractivity contribution in [2.75, 3.05) is 18.5 Å². The maximum absolute atomic E-state index is 12.5. The lowest BCUT2D eigenvalue weighted by molar-refractivity contribution is -0.118. The van der Waals surface area contributed by atoms with Gasteiger partial charge in [-0.3, -0.25) is 9.59 Å². The van der Waals surface area contributed by atoms with E-state index >= 15 is 0 Å². The van der Waals surface area contributed by atoms with Gasteiger partial charge in [0.2, 0.25) is 0 Å². The minimum atomic E-state index is -0.309. The van der Waals surface area contributed by atoms with E-state index in [2.05, 4.69) is 31.8 Å². The Morgan fingerprint density at radius 2 is 1.79 bits per heavy atom. The van der Waals surface area contributed by atoms with Gasteiger partial charge >= 0.3 is 0 Å². The van der Waals surface area contributed by atoms with Gasteiger partial charge in [0.25, 0.3) is 11.8 Å². The van der Waals surface area contributed by atoms with Gasteiger partial charge in [-0.2, -0.15) is 5.10 Å². The average Bonchev–Trinajstić information content (AvgIpc) is 2.81. The fourth-order valence-corrected chi connectivity index (χ4v) is 3.65. The number of carbonyl (C=O) groups excluding carboxylic acids is 2. The van der Waals surface area contributed by atoms with Gasteiger partial charge in [0, 0.05) is 11.3 Å². The zero-order chi connectivity index (χ0) is 24.5. The maximum atomic E-state index is 12.5. The van der Waals surface area contributed by atoms with Gasteiger partial charge in [-0.15, -0.1) is 0 Å². The number of anilines is 1. The first-order valence-electron chi connectivity index (χ1n) is 10.7. The van der Waals surface area contributed by atoms with E-state index in [0.29, 0.717) is 33.7 Å². The number of amides is 2. The summed E-state index contributed by atoms with van der Waals surface area (Å²) in [6, 6.07) is 18.2. The number of rotatable bonds is 9. The van der Waals surface area contributed by atoms with Gasteiger partial charge in [-0.1, -0.05) is 30.3 Å². The van der Waals surface area contributed by atoms with Crippen LogP contribution < -0.4 is 20.2 Å². The summed E-state index contributed by atoms with van der Waals surface area (Å²) in [5, 5.41) is 6.89. The first kappa shape index (κ1) is 25.0. The molecule has 3 aromatic rings. The Morgan fingerprint density at radius 1 is 1.03 bits per heavy atom. The van der Waals surface area contributed by atoms with Crippen LogP contribution in [0.5, 0.6) is 11.5 Å². The van der Waals surface area contributed by atoms with Crippen molar-refractivity contribution in [3.63, 3.8) is 0 Å². The average molecular weight is 524 g/mol. The Kier molecular flexibility index (Phi) is 8.81. The zero-order valence-electron chi connectivity index (χ0n) is 19.2. The molecule has 0 aliphatic heterocycles. The second-order valence-corrected chi connectivity index (χ2v) is 8.34. The molecule has 0 bridgehead atoms. The van der Waals surface area contributed by atoms with Gasteiger partial charge in [-0.05, 0) is 83.7 Å². The number of nitrogens with zero attached hydrogens (tertiary/aromatic N) is 1. The third-order valence-electron chi connectivity index (χ3n) is 4.76. The van der Waals surface area contributed by atoms with Crippen LogP contribution in [0.3, 0.4) is 0 Å². The number of hydrogen-bond acceptors (Lipinski definition) is 5. The number of benzene rings is 3. The predicted molar refractivity (Wildman–Crippen MR) is 137 cm³/mol. The van der Waals surface area contributed by atoms with E-state index in [1.165, 1.54) is 6.21 Å². The molecule has 3 aromatic carbocycles. The van der Waals surface area contributed by atoms with E-state index in [-0.39, 0.29) is 18.4 Å². The van der Waals surface area contributed by atoms with Crippen molar-refractivity contribution in [1.82, 2.24) is 5.43 Å². The highest BCUT2D eigenvalue weighted by molar-refractivity contribution is 9.10. The number of aryl methyl sites for hydroxylation is 2. The molecule has 176 valence electrons. The smallest absolute Gasteiger partial charge is 0.271 e. The van der Waals surface area contributed by atoms with Crippen LogP contribution in [0, 0.1) is 13.8 Å². The van der Waals surface area contributed by atoms with Gasteiger partial charge in [0.05, 0.1) is 17.3 Å². The summed E-state index contributed by atoms with van der Waals surface area (Å²) in [5.74, 6) is 0.267. The summed E-state index contributed by atoms with van der Waals surface area (Å²) in [6.45, 7) is 5.97. The van der Waals surface area contributed by atoms with Crippen molar-refractivity contribution in [2.24, 2.45) is 5.10 Å². The number of ether oxygens (including phenoxy) is 2. The van der Waals surface area contributed by atoms with Crippen molar-refractivity contribution in [1.29, 1.82) is 0 Å². The molecule has 0 unspecified atom stereocenters.